The van der Waals surface area contributed by atoms with E-state index >= 15 is 0 Å². The maximum Gasteiger partial charge on any atom is 0.0586 e. The summed E-state index contributed by atoms with van der Waals surface area (Å²) >= 11 is 0. The standard InChI is InChI=1S/C13H20N2O/c14-13(11-5-2-1-3-6-11)9-15-8-4-7-12(15)10-16/h1-3,5-6,12-13,16H,4,7-10,14H2/t12-,13-/m0/s1. The Morgan fingerprint density at radius 2 is 2.12 bits per heavy atom. The molecule has 0 radical (unpaired) electrons. The van der Waals surface area contributed by atoms with Gasteiger partial charge in [0.2, 0.25) is 0 Å². The molecule has 3 nitrogen and oxygen atoms in total. The molecule has 0 unspecified atom stereocenters. The largest absolute Gasteiger partial charge is 0.395 e. The molecule has 0 aromatic heterocycles. The Hall–Kier alpha value is -0.900. The molecule has 1 aromatic rings. The number of rotatable bonds is 4. The van der Waals surface area contributed by atoms with Crippen molar-refractivity contribution in [2.75, 3.05) is 19.7 Å². The Labute approximate surface area is 96.9 Å². The van der Waals surface area contributed by atoms with E-state index in [1.54, 1.807) is 0 Å². The summed E-state index contributed by atoms with van der Waals surface area (Å²) < 4.78 is 0. The number of nitrogens with two attached hydrogens (primary N) is 1. The monoisotopic (exact) mass is 220 g/mol. The van der Waals surface area contributed by atoms with Gasteiger partial charge in [0.1, 0.15) is 0 Å². The summed E-state index contributed by atoms with van der Waals surface area (Å²) in [4.78, 5) is 2.30. The maximum absolute atomic E-state index is 9.24. The second-order valence-corrected chi connectivity index (χ2v) is 4.49. The minimum Gasteiger partial charge on any atom is -0.395 e. The lowest BCUT2D eigenvalue weighted by atomic mass is 10.1. The normalized spacial score (nSPS) is 23.5. The van der Waals surface area contributed by atoms with E-state index in [4.69, 9.17) is 5.73 Å². The Balaban J connectivity index is 1.94. The summed E-state index contributed by atoms with van der Waals surface area (Å²) in [5.74, 6) is 0. The van der Waals surface area contributed by atoms with Crippen molar-refractivity contribution in [2.24, 2.45) is 5.73 Å². The summed E-state index contributed by atoms with van der Waals surface area (Å²) in [5.41, 5.74) is 7.34. The van der Waals surface area contributed by atoms with Gasteiger partial charge in [-0.25, -0.2) is 0 Å². The van der Waals surface area contributed by atoms with Crippen LogP contribution >= 0.6 is 0 Å². The van der Waals surface area contributed by atoms with Crippen LogP contribution in [-0.2, 0) is 0 Å². The maximum atomic E-state index is 9.24. The number of likely N-dealkylation sites (tertiary alicyclic amines) is 1. The zero-order chi connectivity index (χ0) is 11.4. The van der Waals surface area contributed by atoms with Gasteiger partial charge >= 0.3 is 0 Å². The average Bonchev–Trinajstić information content (AvgIpc) is 2.77. The fourth-order valence-electron chi connectivity index (χ4n) is 2.40. The van der Waals surface area contributed by atoms with Crippen LogP contribution in [0.25, 0.3) is 0 Å². The van der Waals surface area contributed by atoms with E-state index in [-0.39, 0.29) is 12.6 Å². The molecule has 88 valence electrons. The fourth-order valence-corrected chi connectivity index (χ4v) is 2.40. The van der Waals surface area contributed by atoms with Crippen LogP contribution < -0.4 is 5.73 Å². The molecule has 0 bridgehead atoms. The number of hydrogen-bond donors (Lipinski definition) is 2. The molecule has 3 N–H and O–H groups in total. The van der Waals surface area contributed by atoms with E-state index in [9.17, 15) is 5.11 Å². The van der Waals surface area contributed by atoms with Crippen LogP contribution in [0.5, 0.6) is 0 Å². The van der Waals surface area contributed by atoms with E-state index in [0.717, 1.165) is 19.5 Å². The molecule has 1 fully saturated rings. The predicted molar refractivity (Wildman–Crippen MR) is 65.1 cm³/mol. The highest BCUT2D eigenvalue weighted by atomic mass is 16.3. The third kappa shape index (κ3) is 2.61. The van der Waals surface area contributed by atoms with Crippen molar-refractivity contribution >= 4 is 0 Å². The second-order valence-electron chi connectivity index (χ2n) is 4.49. The van der Waals surface area contributed by atoms with Gasteiger partial charge in [0, 0.05) is 18.6 Å². The number of aliphatic hydroxyl groups excluding tert-OH is 1. The third-order valence-corrected chi connectivity index (χ3v) is 3.37. The summed E-state index contributed by atoms with van der Waals surface area (Å²) in [7, 11) is 0. The number of nitrogens with zero attached hydrogens (tertiary/aromatic N) is 1. The van der Waals surface area contributed by atoms with Crippen LogP contribution in [0.1, 0.15) is 24.4 Å². The van der Waals surface area contributed by atoms with Gasteiger partial charge in [0.25, 0.3) is 0 Å². The molecule has 0 spiro atoms. The van der Waals surface area contributed by atoms with Gasteiger partial charge in [0.05, 0.1) is 6.61 Å². The molecule has 0 amide bonds. The number of hydrogen-bond acceptors (Lipinski definition) is 3. The highest BCUT2D eigenvalue weighted by Crippen LogP contribution is 2.20. The van der Waals surface area contributed by atoms with Crippen LogP contribution in [0.15, 0.2) is 30.3 Å². The van der Waals surface area contributed by atoms with Gasteiger partial charge in [-0.1, -0.05) is 30.3 Å². The Kier molecular flexibility index (Phi) is 3.93. The summed E-state index contributed by atoms with van der Waals surface area (Å²) in [5, 5.41) is 9.24. The molecule has 2 atom stereocenters. The van der Waals surface area contributed by atoms with E-state index in [1.807, 2.05) is 18.2 Å². The highest BCUT2D eigenvalue weighted by molar-refractivity contribution is 5.18. The van der Waals surface area contributed by atoms with Crippen LogP contribution in [0.4, 0.5) is 0 Å². The zero-order valence-corrected chi connectivity index (χ0v) is 9.55. The first-order chi connectivity index (χ1) is 7.81. The molecule has 1 aliphatic heterocycles. The number of benzene rings is 1. The van der Waals surface area contributed by atoms with Gasteiger partial charge in [-0.2, -0.15) is 0 Å². The Morgan fingerprint density at radius 3 is 2.81 bits per heavy atom. The van der Waals surface area contributed by atoms with Crippen LogP contribution in [0.2, 0.25) is 0 Å². The lowest BCUT2D eigenvalue weighted by Gasteiger charge is -2.26. The van der Waals surface area contributed by atoms with Crippen LogP contribution in [-0.4, -0.2) is 35.7 Å². The second kappa shape index (κ2) is 5.43. The highest BCUT2D eigenvalue weighted by Gasteiger charge is 2.25. The molecular formula is C13H20N2O. The Morgan fingerprint density at radius 1 is 1.38 bits per heavy atom. The topological polar surface area (TPSA) is 49.5 Å². The lowest BCUT2D eigenvalue weighted by molar-refractivity contribution is 0.153. The minimum absolute atomic E-state index is 0.0494. The smallest absolute Gasteiger partial charge is 0.0586 e. The first kappa shape index (κ1) is 11.6. The summed E-state index contributed by atoms with van der Waals surface area (Å²) in [6.07, 6.45) is 2.27. The first-order valence-electron chi connectivity index (χ1n) is 5.96. The summed E-state index contributed by atoms with van der Waals surface area (Å²) in [6, 6.07) is 10.5. The first-order valence-corrected chi connectivity index (χ1v) is 5.96. The molecule has 3 heteroatoms. The van der Waals surface area contributed by atoms with Crippen molar-refractivity contribution in [2.45, 2.75) is 24.9 Å². The Bertz CT molecular complexity index is 315. The van der Waals surface area contributed by atoms with Crippen LogP contribution in [0, 0.1) is 0 Å². The molecule has 2 rings (SSSR count). The predicted octanol–water partition coefficient (Wildman–Crippen LogP) is 1.14. The van der Waals surface area contributed by atoms with E-state index in [0.29, 0.717) is 6.04 Å². The van der Waals surface area contributed by atoms with Gasteiger partial charge in [-0.15, -0.1) is 0 Å². The van der Waals surface area contributed by atoms with Gasteiger partial charge in [-0.05, 0) is 24.9 Å². The SMILES string of the molecule is N[C@@H](CN1CCC[C@H]1CO)c1ccccc1. The molecule has 16 heavy (non-hydrogen) atoms. The quantitative estimate of drug-likeness (QED) is 0.800. The van der Waals surface area contributed by atoms with Crippen molar-refractivity contribution in [1.29, 1.82) is 0 Å². The lowest BCUT2D eigenvalue weighted by Crippen LogP contribution is -2.37. The van der Waals surface area contributed by atoms with Crippen molar-refractivity contribution in [1.82, 2.24) is 4.90 Å². The van der Waals surface area contributed by atoms with Crippen molar-refractivity contribution < 1.29 is 5.11 Å². The molecule has 1 heterocycles. The van der Waals surface area contributed by atoms with E-state index in [2.05, 4.69) is 17.0 Å². The molecule has 1 aliphatic rings. The summed E-state index contributed by atoms with van der Waals surface area (Å²) in [6.45, 7) is 2.16. The molecule has 0 saturated carbocycles. The fraction of sp³-hybridized carbons (Fsp3) is 0.538. The van der Waals surface area contributed by atoms with Crippen molar-refractivity contribution in [3.05, 3.63) is 35.9 Å². The van der Waals surface area contributed by atoms with Crippen LogP contribution in [0.3, 0.4) is 0 Å². The van der Waals surface area contributed by atoms with Gasteiger partial charge in [-0.3, -0.25) is 4.90 Å². The molecular weight excluding hydrogens is 200 g/mol. The minimum atomic E-state index is 0.0494. The van der Waals surface area contributed by atoms with Crippen molar-refractivity contribution in [3.63, 3.8) is 0 Å². The zero-order valence-electron chi connectivity index (χ0n) is 9.55. The average molecular weight is 220 g/mol. The van der Waals surface area contributed by atoms with E-state index < -0.39 is 0 Å². The molecule has 1 saturated heterocycles. The molecule has 1 aromatic carbocycles. The third-order valence-electron chi connectivity index (χ3n) is 3.37. The van der Waals surface area contributed by atoms with Gasteiger partial charge < -0.3 is 10.8 Å². The number of aliphatic hydroxyl groups is 1. The molecule has 0 aliphatic carbocycles. The van der Waals surface area contributed by atoms with E-state index in [1.165, 1.54) is 12.0 Å². The van der Waals surface area contributed by atoms with Crippen molar-refractivity contribution in [3.8, 4) is 0 Å². The van der Waals surface area contributed by atoms with Gasteiger partial charge in [0.15, 0.2) is 0 Å².